The van der Waals surface area contributed by atoms with Gasteiger partial charge in [-0.2, -0.15) is 0 Å². The number of piperazine rings is 1. The molecular formula is C25H36N6O. The molecule has 2 fully saturated rings. The second-order valence-electron chi connectivity index (χ2n) is 9.40. The number of amides is 1. The Morgan fingerprint density at radius 1 is 1.03 bits per heavy atom. The van der Waals surface area contributed by atoms with Gasteiger partial charge in [0.15, 0.2) is 5.82 Å². The molecule has 3 heterocycles. The lowest BCUT2D eigenvalue weighted by atomic mass is 9.95. The van der Waals surface area contributed by atoms with Crippen LogP contribution in [-0.2, 0) is 11.3 Å². The summed E-state index contributed by atoms with van der Waals surface area (Å²) >= 11 is 0. The van der Waals surface area contributed by atoms with E-state index >= 15 is 0 Å². The summed E-state index contributed by atoms with van der Waals surface area (Å²) in [6.07, 6.45) is 5.29. The van der Waals surface area contributed by atoms with E-state index in [-0.39, 0.29) is 11.8 Å². The third-order valence-corrected chi connectivity index (χ3v) is 6.79. The first-order chi connectivity index (χ1) is 15.5. The van der Waals surface area contributed by atoms with Crippen LogP contribution in [0.1, 0.15) is 43.7 Å². The van der Waals surface area contributed by atoms with Gasteiger partial charge in [-0.15, -0.1) is 0 Å². The number of nitrogens with zero attached hydrogens (tertiary/aromatic N) is 5. The lowest BCUT2D eigenvalue weighted by Crippen LogP contribution is -2.46. The van der Waals surface area contributed by atoms with Gasteiger partial charge in [-0.25, -0.2) is 9.97 Å². The molecule has 172 valence electrons. The molecule has 0 aliphatic carbocycles. The predicted molar refractivity (Wildman–Crippen MR) is 129 cm³/mol. The molecule has 1 N–H and O–H groups in total. The average molecular weight is 437 g/mol. The Morgan fingerprint density at radius 2 is 1.72 bits per heavy atom. The summed E-state index contributed by atoms with van der Waals surface area (Å²) in [5, 5.41) is 3.14. The van der Waals surface area contributed by atoms with E-state index < -0.39 is 0 Å². The van der Waals surface area contributed by atoms with Crippen LogP contribution in [0.15, 0.2) is 36.8 Å². The molecule has 0 atom stereocenters. The minimum Gasteiger partial charge on any atom is -0.367 e. The third-order valence-electron chi connectivity index (χ3n) is 6.79. The first kappa shape index (κ1) is 22.5. The van der Waals surface area contributed by atoms with Gasteiger partial charge in [0.05, 0.1) is 11.9 Å². The molecule has 0 saturated carbocycles. The van der Waals surface area contributed by atoms with Gasteiger partial charge in [0, 0.05) is 51.7 Å². The highest BCUT2D eigenvalue weighted by Gasteiger charge is 2.28. The Bertz CT molecular complexity index is 884. The highest BCUT2D eigenvalue weighted by Crippen LogP contribution is 2.30. The van der Waals surface area contributed by atoms with Crippen molar-refractivity contribution in [2.75, 3.05) is 56.1 Å². The van der Waals surface area contributed by atoms with Crippen LogP contribution in [0, 0.1) is 5.92 Å². The highest BCUT2D eigenvalue weighted by molar-refractivity contribution is 5.79. The van der Waals surface area contributed by atoms with Gasteiger partial charge >= 0.3 is 0 Å². The normalized spacial score (nSPS) is 18.2. The number of hydrogen-bond acceptors (Lipinski definition) is 6. The van der Waals surface area contributed by atoms with Crippen molar-refractivity contribution in [2.24, 2.45) is 5.92 Å². The highest BCUT2D eigenvalue weighted by atomic mass is 16.1. The fourth-order valence-electron chi connectivity index (χ4n) is 4.54. The molecule has 0 unspecified atom stereocenters. The van der Waals surface area contributed by atoms with E-state index in [9.17, 15) is 4.79 Å². The van der Waals surface area contributed by atoms with Gasteiger partial charge < -0.3 is 20.0 Å². The molecular weight excluding hydrogens is 400 g/mol. The Hall–Kier alpha value is -2.67. The van der Waals surface area contributed by atoms with E-state index in [0.29, 0.717) is 12.5 Å². The third kappa shape index (κ3) is 5.38. The summed E-state index contributed by atoms with van der Waals surface area (Å²) in [7, 11) is 2.16. The van der Waals surface area contributed by atoms with E-state index in [0.717, 1.165) is 69.2 Å². The van der Waals surface area contributed by atoms with Crippen molar-refractivity contribution in [2.45, 2.75) is 39.2 Å². The average Bonchev–Trinajstić information content (AvgIpc) is 2.83. The molecule has 1 amide bonds. The fourth-order valence-corrected chi connectivity index (χ4v) is 4.54. The lowest BCUT2D eigenvalue weighted by molar-refractivity contribution is -0.125. The summed E-state index contributed by atoms with van der Waals surface area (Å²) in [5.41, 5.74) is 3.58. The van der Waals surface area contributed by atoms with Gasteiger partial charge in [-0.3, -0.25) is 4.79 Å². The number of hydrogen-bond donors (Lipinski definition) is 1. The van der Waals surface area contributed by atoms with Crippen LogP contribution in [0.25, 0.3) is 0 Å². The molecule has 7 nitrogen and oxygen atoms in total. The molecule has 2 saturated heterocycles. The molecule has 1 aromatic heterocycles. The Kier molecular flexibility index (Phi) is 7.25. The smallest absolute Gasteiger partial charge is 0.223 e. The Balaban J connectivity index is 1.30. The van der Waals surface area contributed by atoms with E-state index in [1.165, 1.54) is 5.56 Å². The molecule has 1 aromatic carbocycles. The number of piperidine rings is 1. The topological polar surface area (TPSA) is 64.6 Å². The molecule has 32 heavy (non-hydrogen) atoms. The first-order valence-corrected chi connectivity index (χ1v) is 11.9. The fraction of sp³-hybridized carbons (Fsp3) is 0.560. The number of anilines is 2. The summed E-state index contributed by atoms with van der Waals surface area (Å²) in [6, 6.07) is 8.55. The van der Waals surface area contributed by atoms with Crippen LogP contribution in [0.5, 0.6) is 0 Å². The van der Waals surface area contributed by atoms with Crippen molar-refractivity contribution in [3.8, 4) is 0 Å². The molecule has 4 rings (SSSR count). The van der Waals surface area contributed by atoms with Crippen LogP contribution in [0.3, 0.4) is 0 Å². The number of nitrogens with one attached hydrogen (secondary N) is 1. The van der Waals surface area contributed by atoms with Gasteiger partial charge in [0.25, 0.3) is 0 Å². The van der Waals surface area contributed by atoms with Crippen LogP contribution in [0.2, 0.25) is 0 Å². The molecule has 0 spiro atoms. The number of rotatable bonds is 6. The van der Waals surface area contributed by atoms with Crippen molar-refractivity contribution in [1.82, 2.24) is 20.2 Å². The standard InChI is InChI=1S/C25H36N6O/c1-19(2)21-6-4-20(5-7-21)16-27-25(32)22-8-10-30(11-9-22)23-17-26-18-28-24(23)31-14-12-29(3)13-15-31/h4-7,17-19,22H,8-16H2,1-3H3,(H,27,32). The lowest BCUT2D eigenvalue weighted by Gasteiger charge is -2.38. The molecule has 2 aliphatic heterocycles. The second kappa shape index (κ2) is 10.3. The molecule has 2 aromatic rings. The van der Waals surface area contributed by atoms with Crippen molar-refractivity contribution in [3.05, 3.63) is 47.9 Å². The maximum atomic E-state index is 12.8. The number of benzene rings is 1. The first-order valence-electron chi connectivity index (χ1n) is 11.9. The van der Waals surface area contributed by atoms with E-state index in [4.69, 9.17) is 0 Å². The summed E-state index contributed by atoms with van der Waals surface area (Å²) in [4.78, 5) is 28.7. The second-order valence-corrected chi connectivity index (χ2v) is 9.40. The van der Waals surface area contributed by atoms with Crippen LogP contribution >= 0.6 is 0 Å². The van der Waals surface area contributed by atoms with Gasteiger partial charge in [-0.1, -0.05) is 38.1 Å². The number of likely N-dealkylation sites (N-methyl/N-ethyl adjacent to an activating group) is 1. The van der Waals surface area contributed by atoms with Crippen molar-refractivity contribution in [1.29, 1.82) is 0 Å². The van der Waals surface area contributed by atoms with Crippen molar-refractivity contribution >= 4 is 17.4 Å². The summed E-state index contributed by atoms with van der Waals surface area (Å²) in [5.74, 6) is 1.79. The van der Waals surface area contributed by atoms with Crippen molar-refractivity contribution < 1.29 is 4.79 Å². The van der Waals surface area contributed by atoms with Crippen molar-refractivity contribution in [3.63, 3.8) is 0 Å². The maximum Gasteiger partial charge on any atom is 0.223 e. The van der Waals surface area contributed by atoms with E-state index in [2.05, 4.69) is 75.1 Å². The predicted octanol–water partition coefficient (Wildman–Crippen LogP) is 2.88. The minimum atomic E-state index is 0.0675. The Labute approximate surface area is 191 Å². The minimum absolute atomic E-state index is 0.0675. The number of aromatic nitrogens is 2. The zero-order valence-corrected chi connectivity index (χ0v) is 19.6. The largest absolute Gasteiger partial charge is 0.367 e. The summed E-state index contributed by atoms with van der Waals surface area (Å²) < 4.78 is 0. The Morgan fingerprint density at radius 3 is 2.38 bits per heavy atom. The summed E-state index contributed by atoms with van der Waals surface area (Å²) in [6.45, 7) is 10.8. The van der Waals surface area contributed by atoms with E-state index in [1.54, 1.807) is 6.33 Å². The van der Waals surface area contributed by atoms with Gasteiger partial charge in [0.1, 0.15) is 6.33 Å². The monoisotopic (exact) mass is 436 g/mol. The van der Waals surface area contributed by atoms with Gasteiger partial charge in [-0.05, 0) is 36.9 Å². The van der Waals surface area contributed by atoms with Crippen LogP contribution in [-0.4, -0.2) is 67.1 Å². The van der Waals surface area contributed by atoms with Crippen LogP contribution < -0.4 is 15.1 Å². The maximum absolute atomic E-state index is 12.8. The van der Waals surface area contributed by atoms with Gasteiger partial charge in [0.2, 0.25) is 5.91 Å². The molecule has 7 heteroatoms. The molecule has 0 bridgehead atoms. The number of carbonyl (C=O) groups excluding carboxylic acids is 1. The van der Waals surface area contributed by atoms with E-state index in [1.807, 2.05) is 6.20 Å². The SMILES string of the molecule is CC(C)c1ccc(CNC(=O)C2CCN(c3cncnc3N3CCN(C)CC3)CC2)cc1. The molecule has 2 aliphatic rings. The molecule has 0 radical (unpaired) electrons. The quantitative estimate of drug-likeness (QED) is 0.751. The zero-order valence-electron chi connectivity index (χ0n) is 19.6. The van der Waals surface area contributed by atoms with Crippen LogP contribution in [0.4, 0.5) is 11.5 Å². The number of carbonyl (C=O) groups is 1. The zero-order chi connectivity index (χ0) is 22.5.